The lowest BCUT2D eigenvalue weighted by atomic mass is 10.1. The van der Waals surface area contributed by atoms with Crippen molar-refractivity contribution in [3.05, 3.63) is 35.5 Å². The van der Waals surface area contributed by atoms with Crippen molar-refractivity contribution >= 4 is 8.80 Å². The quantitative estimate of drug-likeness (QED) is 0.559. The standard InChI is InChI=1S/C19H30O3Si/c1-23(20-17-11-5-2-6-12-17,21-18-13-7-3-8-14-18)22-19-15-9-4-10-16-19/h11,13,15H,2-10,12,14,16H2,1H3. The predicted octanol–water partition coefficient (Wildman–Crippen LogP) is 5.98. The fourth-order valence-corrected chi connectivity index (χ4v) is 5.59. The van der Waals surface area contributed by atoms with Gasteiger partial charge in [-0.3, -0.25) is 0 Å². The van der Waals surface area contributed by atoms with E-state index in [2.05, 4.69) is 24.8 Å². The van der Waals surface area contributed by atoms with Crippen LogP contribution in [0, 0.1) is 0 Å². The average Bonchev–Trinajstić information content (AvgIpc) is 2.57. The summed E-state index contributed by atoms with van der Waals surface area (Å²) in [4.78, 5) is 0. The molecule has 0 bridgehead atoms. The zero-order valence-electron chi connectivity index (χ0n) is 14.4. The van der Waals surface area contributed by atoms with E-state index in [-0.39, 0.29) is 0 Å². The van der Waals surface area contributed by atoms with Gasteiger partial charge in [-0.15, -0.1) is 0 Å². The lowest BCUT2D eigenvalue weighted by Crippen LogP contribution is -2.42. The molecule has 0 aromatic rings. The van der Waals surface area contributed by atoms with Crippen LogP contribution in [0.2, 0.25) is 6.55 Å². The molecule has 0 aromatic carbocycles. The molecule has 0 unspecified atom stereocenters. The second kappa shape index (κ2) is 8.09. The van der Waals surface area contributed by atoms with Gasteiger partial charge in [0.1, 0.15) is 0 Å². The van der Waals surface area contributed by atoms with E-state index in [0.717, 1.165) is 55.8 Å². The summed E-state index contributed by atoms with van der Waals surface area (Å²) in [5.41, 5.74) is 0. The van der Waals surface area contributed by atoms with Gasteiger partial charge in [0.2, 0.25) is 0 Å². The van der Waals surface area contributed by atoms with Crippen molar-refractivity contribution in [3.63, 3.8) is 0 Å². The van der Waals surface area contributed by atoms with Crippen LogP contribution < -0.4 is 0 Å². The van der Waals surface area contributed by atoms with E-state index in [9.17, 15) is 0 Å². The molecule has 0 saturated heterocycles. The maximum atomic E-state index is 6.36. The van der Waals surface area contributed by atoms with Gasteiger partial charge in [0.25, 0.3) is 0 Å². The molecule has 0 aliphatic heterocycles. The first-order valence-corrected chi connectivity index (χ1v) is 11.6. The largest absolute Gasteiger partial charge is 0.695 e. The second-order valence-corrected chi connectivity index (χ2v) is 9.25. The summed E-state index contributed by atoms with van der Waals surface area (Å²) in [5.74, 6) is 3.25. The van der Waals surface area contributed by atoms with Gasteiger partial charge in [0.05, 0.1) is 17.3 Å². The Hall–Kier alpha value is -1.16. The van der Waals surface area contributed by atoms with Crippen LogP contribution in [0.25, 0.3) is 0 Å². The predicted molar refractivity (Wildman–Crippen MR) is 94.5 cm³/mol. The van der Waals surface area contributed by atoms with Crippen LogP contribution in [0.4, 0.5) is 0 Å². The van der Waals surface area contributed by atoms with Crippen LogP contribution in [0.3, 0.4) is 0 Å². The van der Waals surface area contributed by atoms with Crippen molar-refractivity contribution in [3.8, 4) is 0 Å². The Bertz CT molecular complexity index is 424. The first-order valence-electron chi connectivity index (χ1n) is 9.38. The Balaban J connectivity index is 1.71. The molecule has 0 N–H and O–H groups in total. The third kappa shape index (κ3) is 5.16. The topological polar surface area (TPSA) is 27.7 Å². The smallest absolute Gasteiger partial charge is 0.488 e. The van der Waals surface area contributed by atoms with E-state index in [1.165, 1.54) is 38.5 Å². The van der Waals surface area contributed by atoms with E-state index < -0.39 is 8.80 Å². The molecule has 0 fully saturated rings. The molecular weight excluding hydrogens is 304 g/mol. The highest BCUT2D eigenvalue weighted by Gasteiger charge is 2.44. The first-order chi connectivity index (χ1) is 11.2. The van der Waals surface area contributed by atoms with Crippen molar-refractivity contribution in [2.75, 3.05) is 0 Å². The summed E-state index contributed by atoms with van der Waals surface area (Å²) in [6, 6.07) is 0. The summed E-state index contributed by atoms with van der Waals surface area (Å²) in [6.07, 6.45) is 20.5. The normalized spacial score (nSPS) is 22.6. The Morgan fingerprint density at radius 2 is 0.957 bits per heavy atom. The highest BCUT2D eigenvalue weighted by molar-refractivity contribution is 6.60. The average molecular weight is 335 g/mol. The van der Waals surface area contributed by atoms with E-state index in [0.29, 0.717) is 0 Å². The van der Waals surface area contributed by atoms with Crippen molar-refractivity contribution in [2.45, 2.75) is 83.6 Å². The number of hydrogen-bond acceptors (Lipinski definition) is 3. The fraction of sp³-hybridized carbons (Fsp3) is 0.684. The van der Waals surface area contributed by atoms with Crippen molar-refractivity contribution in [1.29, 1.82) is 0 Å². The molecule has 0 radical (unpaired) electrons. The van der Waals surface area contributed by atoms with Crippen molar-refractivity contribution in [1.82, 2.24) is 0 Å². The number of allylic oxidation sites excluding steroid dienone is 6. The minimum absolute atomic E-state index is 1.02. The second-order valence-electron chi connectivity index (χ2n) is 6.92. The molecule has 4 heteroatoms. The van der Waals surface area contributed by atoms with Gasteiger partial charge >= 0.3 is 8.80 Å². The molecule has 3 rings (SSSR count). The molecule has 0 spiro atoms. The van der Waals surface area contributed by atoms with Crippen LogP contribution in [-0.2, 0) is 13.3 Å². The zero-order chi connectivity index (χ0) is 16.0. The first kappa shape index (κ1) is 16.7. The SMILES string of the molecule is C[Si](OC1=CCCCC1)(OC1=CCCCC1)OC1=CCCCC1. The Kier molecular flexibility index (Phi) is 5.87. The van der Waals surface area contributed by atoms with Gasteiger partial charge in [-0.1, -0.05) is 0 Å². The lowest BCUT2D eigenvalue weighted by Gasteiger charge is -2.32. The number of rotatable bonds is 6. The maximum Gasteiger partial charge on any atom is 0.695 e. The summed E-state index contributed by atoms with van der Waals surface area (Å²) >= 11 is 0. The molecule has 0 aromatic heterocycles. The van der Waals surface area contributed by atoms with Gasteiger partial charge in [-0.05, 0) is 76.0 Å². The van der Waals surface area contributed by atoms with Gasteiger partial charge in [-0.25, -0.2) is 0 Å². The molecule has 0 amide bonds. The molecule has 0 saturated carbocycles. The molecule has 0 atom stereocenters. The highest BCUT2D eigenvalue weighted by Crippen LogP contribution is 2.31. The van der Waals surface area contributed by atoms with Crippen LogP contribution >= 0.6 is 0 Å². The van der Waals surface area contributed by atoms with Gasteiger partial charge in [0.15, 0.2) is 0 Å². The lowest BCUT2D eigenvalue weighted by molar-refractivity contribution is 0.133. The Labute approximate surface area is 141 Å². The van der Waals surface area contributed by atoms with E-state index >= 15 is 0 Å². The minimum Gasteiger partial charge on any atom is -0.488 e. The third-order valence-corrected chi connectivity index (χ3v) is 6.60. The molecule has 3 aliphatic rings. The van der Waals surface area contributed by atoms with E-state index in [4.69, 9.17) is 13.3 Å². The number of hydrogen-bond donors (Lipinski definition) is 0. The molecule has 3 nitrogen and oxygen atoms in total. The van der Waals surface area contributed by atoms with Crippen LogP contribution in [-0.4, -0.2) is 8.80 Å². The minimum atomic E-state index is -2.72. The zero-order valence-corrected chi connectivity index (χ0v) is 15.4. The summed E-state index contributed by atoms with van der Waals surface area (Å²) in [6.45, 7) is 2.06. The maximum absolute atomic E-state index is 6.36. The van der Waals surface area contributed by atoms with E-state index in [1.807, 2.05) is 0 Å². The Morgan fingerprint density at radius 1 is 0.609 bits per heavy atom. The van der Waals surface area contributed by atoms with Crippen LogP contribution in [0.1, 0.15) is 77.0 Å². The van der Waals surface area contributed by atoms with Crippen LogP contribution in [0.5, 0.6) is 0 Å². The summed E-state index contributed by atoms with van der Waals surface area (Å²) in [7, 11) is -2.72. The van der Waals surface area contributed by atoms with Gasteiger partial charge in [-0.2, -0.15) is 0 Å². The van der Waals surface area contributed by atoms with Crippen molar-refractivity contribution < 1.29 is 13.3 Å². The molecule has 23 heavy (non-hydrogen) atoms. The van der Waals surface area contributed by atoms with Crippen molar-refractivity contribution in [2.24, 2.45) is 0 Å². The molecular formula is C19H30O3Si. The Morgan fingerprint density at radius 3 is 1.22 bits per heavy atom. The monoisotopic (exact) mass is 334 g/mol. The fourth-order valence-electron chi connectivity index (χ4n) is 3.48. The molecule has 3 aliphatic carbocycles. The summed E-state index contributed by atoms with van der Waals surface area (Å²) in [5, 5.41) is 0. The van der Waals surface area contributed by atoms with E-state index in [1.54, 1.807) is 0 Å². The molecule has 0 heterocycles. The van der Waals surface area contributed by atoms with Gasteiger partial charge < -0.3 is 13.3 Å². The highest BCUT2D eigenvalue weighted by atomic mass is 28.4. The third-order valence-electron chi connectivity index (χ3n) is 4.70. The summed E-state index contributed by atoms with van der Waals surface area (Å²) < 4.78 is 19.1. The van der Waals surface area contributed by atoms with Gasteiger partial charge in [0, 0.05) is 25.8 Å². The van der Waals surface area contributed by atoms with Crippen LogP contribution in [0.15, 0.2) is 35.5 Å². The molecule has 128 valence electrons.